The second-order valence-corrected chi connectivity index (χ2v) is 9.29. The molecule has 0 atom stereocenters. The summed E-state index contributed by atoms with van der Waals surface area (Å²) in [6, 6.07) is 14.4. The Kier molecular flexibility index (Phi) is 6.42. The molecule has 2 aromatic heterocycles. The van der Waals surface area contributed by atoms with Gasteiger partial charge in [0.05, 0.1) is 18.6 Å². The number of rotatable bonds is 6. The minimum absolute atomic E-state index is 0.0281. The average Bonchev–Trinajstić information content (AvgIpc) is 3.09. The highest BCUT2D eigenvalue weighted by Gasteiger charge is 2.15. The molecule has 0 radical (unpaired) electrons. The fourth-order valence-electron chi connectivity index (χ4n) is 2.86. The van der Waals surface area contributed by atoms with Crippen LogP contribution in [0.25, 0.3) is 16.0 Å². The molecular weight excluding hydrogens is 476 g/mol. The minimum atomic E-state index is -0.296. The molecular formula is C20H15ClN4O3S3. The molecule has 4 rings (SSSR count). The number of H-pyrrole nitrogens is 1. The Balaban J connectivity index is 1.58. The molecule has 31 heavy (non-hydrogen) atoms. The Labute approximate surface area is 195 Å². The molecule has 158 valence electrons. The van der Waals surface area contributed by atoms with Crippen molar-refractivity contribution in [1.82, 2.24) is 14.5 Å². The van der Waals surface area contributed by atoms with Crippen molar-refractivity contribution in [3.05, 3.63) is 67.9 Å². The zero-order valence-corrected chi connectivity index (χ0v) is 19.3. The van der Waals surface area contributed by atoms with E-state index in [1.54, 1.807) is 22.8 Å². The van der Waals surface area contributed by atoms with E-state index in [1.807, 2.05) is 30.3 Å². The van der Waals surface area contributed by atoms with Crippen LogP contribution in [0.4, 0.5) is 5.69 Å². The second kappa shape index (κ2) is 9.23. The van der Waals surface area contributed by atoms with Crippen molar-refractivity contribution >= 4 is 68.9 Å². The number of aromatic nitrogens is 3. The van der Waals surface area contributed by atoms with Gasteiger partial charge in [-0.2, -0.15) is 0 Å². The van der Waals surface area contributed by atoms with E-state index in [-0.39, 0.29) is 17.2 Å². The molecule has 0 saturated carbocycles. The molecule has 4 aromatic rings. The molecule has 2 aromatic carbocycles. The first-order valence-corrected chi connectivity index (χ1v) is 11.5. The van der Waals surface area contributed by atoms with Crippen LogP contribution in [0.15, 0.2) is 58.5 Å². The summed E-state index contributed by atoms with van der Waals surface area (Å²) in [6.45, 7) is 0. The molecule has 0 aliphatic rings. The van der Waals surface area contributed by atoms with Crippen molar-refractivity contribution in [3.8, 4) is 11.4 Å². The zero-order valence-electron chi connectivity index (χ0n) is 16.0. The van der Waals surface area contributed by atoms with Gasteiger partial charge < -0.3 is 15.0 Å². The van der Waals surface area contributed by atoms with Gasteiger partial charge in [0.25, 0.3) is 5.56 Å². The summed E-state index contributed by atoms with van der Waals surface area (Å²) in [5.74, 6) is 0.231. The van der Waals surface area contributed by atoms with Crippen LogP contribution in [-0.4, -0.2) is 33.3 Å². The predicted octanol–water partition coefficient (Wildman–Crippen LogP) is 4.90. The monoisotopic (exact) mass is 490 g/mol. The number of nitrogens with zero attached hydrogens (tertiary/aromatic N) is 2. The molecule has 0 fully saturated rings. The molecule has 0 aliphatic heterocycles. The van der Waals surface area contributed by atoms with E-state index in [4.69, 9.17) is 28.6 Å². The Hall–Kier alpha value is -2.66. The van der Waals surface area contributed by atoms with Crippen LogP contribution in [0, 0.1) is 3.95 Å². The quantitative estimate of drug-likeness (QED) is 0.227. The van der Waals surface area contributed by atoms with Gasteiger partial charge in [0.15, 0.2) is 14.8 Å². The lowest BCUT2D eigenvalue weighted by atomic mass is 10.3. The molecule has 11 heteroatoms. The first-order chi connectivity index (χ1) is 15.0. The van der Waals surface area contributed by atoms with E-state index < -0.39 is 0 Å². The van der Waals surface area contributed by atoms with Crippen molar-refractivity contribution in [1.29, 1.82) is 0 Å². The number of benzene rings is 2. The predicted molar refractivity (Wildman–Crippen MR) is 128 cm³/mol. The van der Waals surface area contributed by atoms with Gasteiger partial charge in [-0.15, -0.1) is 0 Å². The maximum Gasteiger partial charge on any atom is 0.271 e. The van der Waals surface area contributed by atoms with Gasteiger partial charge in [-0.1, -0.05) is 52.9 Å². The number of para-hydroxylation sites is 1. The average molecular weight is 491 g/mol. The van der Waals surface area contributed by atoms with Crippen molar-refractivity contribution in [2.24, 2.45) is 0 Å². The summed E-state index contributed by atoms with van der Waals surface area (Å²) < 4.78 is 7.95. The van der Waals surface area contributed by atoms with Crippen molar-refractivity contribution in [2.45, 2.75) is 5.16 Å². The number of anilines is 1. The standard InChI is InChI=1S/C20H15ClN4O3S3/c1-28-14-8-7-11(21)9-13(14)22-15(26)10-30-19-23-17-16(18(27)24-19)31-20(29)25(17)12-5-3-2-4-6-12/h2-9H,10H2,1H3,(H,22,26)(H,23,24,27). The third-order valence-corrected chi connectivity index (χ3v) is 6.68. The lowest BCUT2D eigenvalue weighted by Crippen LogP contribution is -2.16. The highest BCUT2D eigenvalue weighted by atomic mass is 35.5. The van der Waals surface area contributed by atoms with Gasteiger partial charge in [-0.3, -0.25) is 14.2 Å². The minimum Gasteiger partial charge on any atom is -0.495 e. The normalized spacial score (nSPS) is 10.9. The van der Waals surface area contributed by atoms with Gasteiger partial charge >= 0.3 is 0 Å². The fourth-order valence-corrected chi connectivity index (χ4v) is 4.96. The SMILES string of the molecule is COc1ccc(Cl)cc1NC(=O)CSc1nc2c(sc(=S)n2-c2ccccc2)c(=O)[nH]1. The molecule has 0 unspecified atom stereocenters. The zero-order chi connectivity index (χ0) is 22.0. The van der Waals surface area contributed by atoms with Crippen LogP contribution in [-0.2, 0) is 4.79 Å². The number of amides is 1. The molecule has 0 saturated heterocycles. The molecule has 2 heterocycles. The number of carbonyl (C=O) groups excluding carboxylic acids is 1. The third-order valence-electron chi connectivity index (χ3n) is 4.21. The smallest absolute Gasteiger partial charge is 0.271 e. The van der Waals surface area contributed by atoms with Crippen molar-refractivity contribution in [2.75, 3.05) is 18.2 Å². The molecule has 0 spiro atoms. The number of hydrogen-bond acceptors (Lipinski definition) is 7. The van der Waals surface area contributed by atoms with Gasteiger partial charge in [0.2, 0.25) is 5.91 Å². The number of carbonyl (C=O) groups is 1. The highest BCUT2D eigenvalue weighted by molar-refractivity contribution is 7.99. The number of halogens is 1. The summed E-state index contributed by atoms with van der Waals surface area (Å²) in [6.07, 6.45) is 0. The van der Waals surface area contributed by atoms with Crippen LogP contribution < -0.4 is 15.6 Å². The van der Waals surface area contributed by atoms with E-state index >= 15 is 0 Å². The van der Waals surface area contributed by atoms with Crippen LogP contribution >= 0.6 is 46.9 Å². The summed E-state index contributed by atoms with van der Waals surface area (Å²) >= 11 is 13.8. The molecule has 0 bridgehead atoms. The molecule has 2 N–H and O–H groups in total. The van der Waals surface area contributed by atoms with E-state index in [1.165, 1.54) is 18.4 Å². The maximum atomic E-state index is 12.6. The van der Waals surface area contributed by atoms with E-state index in [2.05, 4.69) is 15.3 Å². The number of fused-ring (bicyclic) bond motifs is 1. The molecule has 0 aliphatic carbocycles. The number of aromatic amines is 1. The van der Waals surface area contributed by atoms with Crippen LogP contribution in [0.3, 0.4) is 0 Å². The van der Waals surface area contributed by atoms with Crippen LogP contribution in [0.2, 0.25) is 5.02 Å². The number of thiazole rings is 1. The first kappa shape index (κ1) is 21.6. The summed E-state index contributed by atoms with van der Waals surface area (Å²) in [4.78, 5) is 32.3. The largest absolute Gasteiger partial charge is 0.495 e. The fraction of sp³-hybridized carbons (Fsp3) is 0.100. The lowest BCUT2D eigenvalue weighted by Gasteiger charge is -2.10. The number of hydrogen-bond donors (Lipinski definition) is 2. The topological polar surface area (TPSA) is 89.0 Å². The lowest BCUT2D eigenvalue weighted by molar-refractivity contribution is -0.113. The molecule has 1 amide bonds. The number of methoxy groups -OCH3 is 1. The van der Waals surface area contributed by atoms with Crippen molar-refractivity contribution < 1.29 is 9.53 Å². The Morgan fingerprint density at radius 2 is 2.10 bits per heavy atom. The van der Waals surface area contributed by atoms with Gasteiger partial charge in [-0.05, 0) is 42.5 Å². The van der Waals surface area contributed by atoms with Crippen molar-refractivity contribution in [3.63, 3.8) is 0 Å². The highest BCUT2D eigenvalue weighted by Crippen LogP contribution is 2.28. The number of ether oxygens (including phenoxy) is 1. The van der Waals surface area contributed by atoms with E-state index in [9.17, 15) is 9.59 Å². The number of nitrogens with one attached hydrogen (secondary N) is 2. The van der Waals surface area contributed by atoms with Gasteiger partial charge in [-0.25, -0.2) is 4.98 Å². The second-order valence-electron chi connectivity index (χ2n) is 6.24. The Morgan fingerprint density at radius 1 is 1.32 bits per heavy atom. The summed E-state index contributed by atoms with van der Waals surface area (Å²) in [7, 11) is 1.51. The summed E-state index contributed by atoms with van der Waals surface area (Å²) in [5.41, 5.74) is 1.45. The van der Waals surface area contributed by atoms with Crippen LogP contribution in [0.5, 0.6) is 5.75 Å². The first-order valence-electron chi connectivity index (χ1n) is 8.94. The summed E-state index contributed by atoms with van der Waals surface area (Å²) in [5, 5.41) is 3.55. The maximum absolute atomic E-state index is 12.6. The molecule has 7 nitrogen and oxygen atoms in total. The van der Waals surface area contributed by atoms with Crippen LogP contribution in [0.1, 0.15) is 0 Å². The van der Waals surface area contributed by atoms with Gasteiger partial charge in [0, 0.05) is 10.7 Å². The number of thioether (sulfide) groups is 1. The Morgan fingerprint density at radius 3 is 2.84 bits per heavy atom. The third kappa shape index (κ3) is 4.67. The van der Waals surface area contributed by atoms with E-state index in [0.717, 1.165) is 17.4 Å². The Bertz CT molecular complexity index is 1380. The van der Waals surface area contributed by atoms with E-state index in [0.29, 0.717) is 35.9 Å². The van der Waals surface area contributed by atoms with Gasteiger partial charge in [0.1, 0.15) is 10.4 Å².